The van der Waals surface area contributed by atoms with E-state index in [0.29, 0.717) is 37.6 Å². The molecule has 1 atom stereocenters. The smallest absolute Gasteiger partial charge is 0.390 e. The second kappa shape index (κ2) is 11.9. The van der Waals surface area contributed by atoms with Gasteiger partial charge in [-0.05, 0) is 49.6 Å². The van der Waals surface area contributed by atoms with Gasteiger partial charge < -0.3 is 25.1 Å². The SMILES string of the molecule is CNC(=O)ON1CCc2c(c(-c3ccc(Cl)c(C)c3)nn2CC(O)CN2CCC(n3c(=O)[nH]c4ccccc43)CC2)C1. The Morgan fingerprint density at radius 3 is 2.74 bits per heavy atom. The summed E-state index contributed by atoms with van der Waals surface area (Å²) >= 11 is 6.29. The van der Waals surface area contributed by atoms with Gasteiger partial charge in [0.15, 0.2) is 0 Å². The van der Waals surface area contributed by atoms with Gasteiger partial charge in [-0.3, -0.25) is 9.25 Å². The fraction of sp³-hybridized carbons (Fsp3) is 0.433. The van der Waals surface area contributed by atoms with Crippen LogP contribution in [0.5, 0.6) is 0 Å². The summed E-state index contributed by atoms with van der Waals surface area (Å²) in [7, 11) is 1.53. The van der Waals surface area contributed by atoms with E-state index in [0.717, 1.165) is 65.0 Å². The minimum atomic E-state index is -0.624. The molecular formula is C30H36ClN7O4. The predicted octanol–water partition coefficient (Wildman–Crippen LogP) is 3.48. The van der Waals surface area contributed by atoms with Gasteiger partial charge in [0.05, 0.1) is 35.9 Å². The molecule has 2 aromatic carbocycles. The molecule has 1 unspecified atom stereocenters. The molecule has 0 spiro atoms. The Labute approximate surface area is 248 Å². The number of imidazole rings is 1. The highest BCUT2D eigenvalue weighted by Gasteiger charge is 2.30. The second-order valence-electron chi connectivity index (χ2n) is 11.2. The number of amides is 1. The van der Waals surface area contributed by atoms with Gasteiger partial charge in [0.25, 0.3) is 0 Å². The van der Waals surface area contributed by atoms with E-state index >= 15 is 0 Å². The van der Waals surface area contributed by atoms with Crippen LogP contribution in [0.1, 0.15) is 35.7 Å². The maximum atomic E-state index is 12.7. The largest absolute Gasteiger partial charge is 0.426 e. The van der Waals surface area contributed by atoms with Crippen LogP contribution in [0.25, 0.3) is 22.3 Å². The third-order valence-electron chi connectivity index (χ3n) is 8.35. The van der Waals surface area contributed by atoms with Crippen molar-refractivity contribution in [3.05, 3.63) is 74.8 Å². The number of nitrogens with one attached hydrogen (secondary N) is 2. The average molecular weight is 594 g/mol. The molecule has 0 bridgehead atoms. The van der Waals surface area contributed by atoms with Gasteiger partial charge in [0.1, 0.15) is 0 Å². The number of nitrogens with zero attached hydrogens (tertiary/aromatic N) is 5. The minimum Gasteiger partial charge on any atom is -0.390 e. The van der Waals surface area contributed by atoms with Crippen LogP contribution in [-0.2, 0) is 24.3 Å². The van der Waals surface area contributed by atoms with Crippen molar-refractivity contribution in [2.75, 3.05) is 33.2 Å². The summed E-state index contributed by atoms with van der Waals surface area (Å²) in [5.41, 5.74) is 6.42. The van der Waals surface area contributed by atoms with Gasteiger partial charge in [-0.2, -0.15) is 5.10 Å². The second-order valence-corrected chi connectivity index (χ2v) is 11.6. The molecule has 6 rings (SSSR count). The molecular weight excluding hydrogens is 558 g/mol. The lowest BCUT2D eigenvalue weighted by Crippen LogP contribution is -2.42. The molecule has 4 heterocycles. The first-order chi connectivity index (χ1) is 20.3. The third kappa shape index (κ3) is 5.69. The first-order valence-electron chi connectivity index (χ1n) is 14.4. The Kier molecular flexibility index (Phi) is 8.09. The summed E-state index contributed by atoms with van der Waals surface area (Å²) in [5.74, 6) is 0. The third-order valence-corrected chi connectivity index (χ3v) is 8.77. The Morgan fingerprint density at radius 2 is 1.98 bits per heavy atom. The Balaban J connectivity index is 1.15. The standard InChI is InChI=1S/C30H36ClN7O4/c1-19-15-20(7-8-24(19)31)28-23-18-36(42-30(41)32-2)14-11-26(23)37(34-28)17-22(39)16-35-12-9-21(10-13-35)38-27-6-4-3-5-25(27)33-29(38)40/h3-8,15,21-22,39H,9-14,16-18H2,1-2H3,(H,32,41)(H,33,40). The number of fused-ring (bicyclic) bond motifs is 2. The van der Waals surface area contributed by atoms with Gasteiger partial charge >= 0.3 is 11.8 Å². The number of likely N-dealkylation sites (tertiary alicyclic amines) is 1. The van der Waals surface area contributed by atoms with E-state index in [1.54, 1.807) is 5.06 Å². The van der Waals surface area contributed by atoms with E-state index in [1.165, 1.54) is 7.05 Å². The molecule has 0 saturated carbocycles. The van der Waals surface area contributed by atoms with Crippen LogP contribution >= 0.6 is 11.6 Å². The lowest BCUT2D eigenvalue weighted by molar-refractivity contribution is -0.110. The number of carbonyl (C=O) groups excluding carboxylic acids is 1. The van der Waals surface area contributed by atoms with Gasteiger partial charge in [0.2, 0.25) is 0 Å². The highest BCUT2D eigenvalue weighted by atomic mass is 35.5. The monoisotopic (exact) mass is 593 g/mol. The first kappa shape index (κ1) is 28.5. The highest BCUT2D eigenvalue weighted by Crippen LogP contribution is 2.32. The Morgan fingerprint density at radius 1 is 1.19 bits per heavy atom. The number of H-pyrrole nitrogens is 1. The van der Waals surface area contributed by atoms with Crippen LogP contribution in [0.2, 0.25) is 5.02 Å². The predicted molar refractivity (Wildman–Crippen MR) is 160 cm³/mol. The fourth-order valence-corrected chi connectivity index (χ4v) is 6.35. The number of rotatable bonds is 7. The number of para-hydroxylation sites is 2. The van der Waals surface area contributed by atoms with Crippen LogP contribution in [0, 0.1) is 6.92 Å². The number of halogens is 1. The number of hydroxylamine groups is 2. The molecule has 1 amide bonds. The maximum absolute atomic E-state index is 12.7. The molecule has 2 aromatic heterocycles. The number of aliphatic hydroxyl groups is 1. The molecule has 11 nitrogen and oxygen atoms in total. The lowest BCUT2D eigenvalue weighted by Gasteiger charge is -2.33. The van der Waals surface area contributed by atoms with Crippen LogP contribution in [0.3, 0.4) is 0 Å². The van der Waals surface area contributed by atoms with E-state index in [1.807, 2.05) is 58.6 Å². The molecule has 3 N–H and O–H groups in total. The van der Waals surface area contributed by atoms with E-state index in [4.69, 9.17) is 21.5 Å². The number of aromatic nitrogens is 4. The summed E-state index contributed by atoms with van der Waals surface area (Å²) in [6.45, 7) is 5.35. The van der Waals surface area contributed by atoms with E-state index in [2.05, 4.69) is 15.2 Å². The lowest BCUT2D eigenvalue weighted by atomic mass is 10.0. The number of piperidine rings is 1. The molecule has 12 heteroatoms. The number of hydrogen-bond acceptors (Lipinski definition) is 7. The van der Waals surface area contributed by atoms with E-state index in [-0.39, 0.29) is 11.7 Å². The van der Waals surface area contributed by atoms with Crippen molar-refractivity contribution in [1.29, 1.82) is 0 Å². The molecule has 0 radical (unpaired) electrons. The number of aliphatic hydroxyl groups excluding tert-OH is 1. The van der Waals surface area contributed by atoms with Crippen molar-refractivity contribution in [1.82, 2.24) is 34.6 Å². The van der Waals surface area contributed by atoms with Gasteiger partial charge in [-0.25, -0.2) is 9.59 Å². The fourth-order valence-electron chi connectivity index (χ4n) is 6.23. The van der Waals surface area contributed by atoms with Crippen LogP contribution in [-0.4, -0.2) is 79.8 Å². The Hall–Kier alpha value is -3.64. The van der Waals surface area contributed by atoms with Crippen LogP contribution in [0.4, 0.5) is 4.79 Å². The summed E-state index contributed by atoms with van der Waals surface area (Å²) in [4.78, 5) is 35.2. The molecule has 2 aliphatic rings. The zero-order valence-electron chi connectivity index (χ0n) is 23.8. The van der Waals surface area contributed by atoms with Crippen molar-refractivity contribution >= 4 is 28.7 Å². The molecule has 42 heavy (non-hydrogen) atoms. The summed E-state index contributed by atoms with van der Waals surface area (Å²) in [6.07, 6.45) is 1.17. The van der Waals surface area contributed by atoms with Crippen LogP contribution < -0.4 is 11.0 Å². The number of hydrogen-bond donors (Lipinski definition) is 3. The average Bonchev–Trinajstić information content (AvgIpc) is 3.51. The first-order valence-corrected chi connectivity index (χ1v) is 14.8. The van der Waals surface area contributed by atoms with Gasteiger partial charge in [-0.1, -0.05) is 29.8 Å². The molecule has 2 aliphatic heterocycles. The number of aryl methyl sites for hydroxylation is 1. The van der Waals surface area contributed by atoms with Crippen LogP contribution in [0.15, 0.2) is 47.3 Å². The van der Waals surface area contributed by atoms with Crippen molar-refractivity contribution < 1.29 is 14.7 Å². The zero-order valence-corrected chi connectivity index (χ0v) is 24.6. The summed E-state index contributed by atoms with van der Waals surface area (Å²) in [6, 6.07) is 13.7. The summed E-state index contributed by atoms with van der Waals surface area (Å²) < 4.78 is 3.80. The van der Waals surface area contributed by atoms with Crippen molar-refractivity contribution in [3.63, 3.8) is 0 Å². The maximum Gasteiger partial charge on any atom is 0.426 e. The van der Waals surface area contributed by atoms with Gasteiger partial charge in [-0.15, -0.1) is 5.06 Å². The van der Waals surface area contributed by atoms with E-state index in [9.17, 15) is 14.7 Å². The Bertz CT molecular complexity index is 1650. The van der Waals surface area contributed by atoms with E-state index < -0.39 is 12.2 Å². The number of aromatic amines is 1. The number of carbonyl (C=O) groups is 1. The zero-order chi connectivity index (χ0) is 29.4. The summed E-state index contributed by atoms with van der Waals surface area (Å²) in [5, 5.41) is 21.0. The topological polar surface area (TPSA) is 121 Å². The molecule has 222 valence electrons. The molecule has 1 fully saturated rings. The normalized spacial score (nSPS) is 17.3. The number of benzene rings is 2. The quantitative estimate of drug-likeness (QED) is 0.300. The number of β-amino-alcohol motifs (C(OH)–C–C–N with tert-alkyl or cyclic N) is 1. The highest BCUT2D eigenvalue weighted by molar-refractivity contribution is 6.31. The van der Waals surface area contributed by atoms with Crippen molar-refractivity contribution in [2.24, 2.45) is 0 Å². The molecule has 4 aromatic rings. The minimum absolute atomic E-state index is 0.0656. The van der Waals surface area contributed by atoms with Gasteiger partial charge in [0, 0.05) is 67.5 Å². The van der Waals surface area contributed by atoms with Crippen molar-refractivity contribution in [3.8, 4) is 11.3 Å². The molecule has 0 aliphatic carbocycles. The molecule has 1 saturated heterocycles. The van der Waals surface area contributed by atoms with Crippen molar-refractivity contribution in [2.45, 2.75) is 51.4 Å².